The van der Waals surface area contributed by atoms with Gasteiger partial charge in [0.1, 0.15) is 0 Å². The summed E-state index contributed by atoms with van der Waals surface area (Å²) >= 11 is 0. The Morgan fingerprint density at radius 1 is 1.42 bits per heavy atom. The Morgan fingerprint density at radius 3 is 2.89 bits per heavy atom. The van der Waals surface area contributed by atoms with Gasteiger partial charge in [0.05, 0.1) is 19.2 Å². The molecule has 0 aliphatic heterocycles. The summed E-state index contributed by atoms with van der Waals surface area (Å²) in [6.07, 6.45) is 2.89. The molecule has 1 N–H and O–H groups in total. The molecule has 0 saturated heterocycles. The Kier molecular flexibility index (Phi) is 3.61. The van der Waals surface area contributed by atoms with E-state index in [9.17, 15) is 9.59 Å². The van der Waals surface area contributed by atoms with Crippen LogP contribution in [0, 0.1) is 0 Å². The lowest BCUT2D eigenvalue weighted by molar-refractivity contribution is 0.0696. The van der Waals surface area contributed by atoms with Gasteiger partial charge in [0.25, 0.3) is 5.56 Å². The number of aromatic nitrogens is 2. The maximum absolute atomic E-state index is 11.7. The molecule has 2 aromatic heterocycles. The molecule has 0 radical (unpaired) electrons. The van der Waals surface area contributed by atoms with Gasteiger partial charge < -0.3 is 14.4 Å². The van der Waals surface area contributed by atoms with Crippen molar-refractivity contribution in [3.8, 4) is 5.88 Å². The van der Waals surface area contributed by atoms with Crippen molar-refractivity contribution in [3.63, 3.8) is 0 Å². The summed E-state index contributed by atoms with van der Waals surface area (Å²) in [4.78, 5) is 26.5. The van der Waals surface area contributed by atoms with Crippen LogP contribution in [-0.4, -0.2) is 27.7 Å². The topological polar surface area (TPSA) is 81.4 Å². The van der Waals surface area contributed by atoms with Crippen LogP contribution in [-0.2, 0) is 6.54 Å². The van der Waals surface area contributed by atoms with Crippen LogP contribution in [0.5, 0.6) is 5.88 Å². The van der Waals surface area contributed by atoms with E-state index in [1.165, 1.54) is 30.0 Å². The molecule has 0 fully saturated rings. The van der Waals surface area contributed by atoms with Crippen molar-refractivity contribution < 1.29 is 14.6 Å². The number of rotatable bonds is 4. The highest BCUT2D eigenvalue weighted by Gasteiger charge is 2.06. The van der Waals surface area contributed by atoms with Crippen LogP contribution in [0.3, 0.4) is 0 Å². The number of carboxylic acid groups (broad SMARTS) is 1. The fourth-order valence-corrected chi connectivity index (χ4v) is 1.64. The van der Waals surface area contributed by atoms with E-state index in [-0.39, 0.29) is 17.7 Å². The second-order valence-corrected chi connectivity index (χ2v) is 3.90. The lowest BCUT2D eigenvalue weighted by Gasteiger charge is -2.07. The molecule has 0 spiro atoms. The Balaban J connectivity index is 2.34. The molecule has 2 aromatic rings. The molecule has 2 heterocycles. The maximum Gasteiger partial charge on any atom is 0.337 e. The summed E-state index contributed by atoms with van der Waals surface area (Å²) in [7, 11) is 1.50. The Labute approximate surface area is 108 Å². The number of methoxy groups -OCH3 is 1. The molecular formula is C13H12N2O4. The van der Waals surface area contributed by atoms with Crippen LogP contribution in [0.15, 0.2) is 41.5 Å². The largest absolute Gasteiger partial charge is 0.481 e. The zero-order valence-electron chi connectivity index (χ0n) is 10.2. The zero-order chi connectivity index (χ0) is 13.8. The highest BCUT2D eigenvalue weighted by atomic mass is 16.5. The predicted molar refractivity (Wildman–Crippen MR) is 67.6 cm³/mol. The highest BCUT2D eigenvalue weighted by Crippen LogP contribution is 2.09. The quantitative estimate of drug-likeness (QED) is 0.886. The molecule has 0 bridgehead atoms. The molecule has 19 heavy (non-hydrogen) atoms. The molecule has 0 atom stereocenters. The van der Waals surface area contributed by atoms with Crippen LogP contribution >= 0.6 is 0 Å². The lowest BCUT2D eigenvalue weighted by atomic mass is 10.2. The highest BCUT2D eigenvalue weighted by molar-refractivity contribution is 5.87. The maximum atomic E-state index is 11.7. The van der Waals surface area contributed by atoms with Crippen molar-refractivity contribution in [2.45, 2.75) is 6.54 Å². The minimum Gasteiger partial charge on any atom is -0.481 e. The molecule has 0 unspecified atom stereocenters. The molecule has 0 aromatic carbocycles. The summed E-state index contributed by atoms with van der Waals surface area (Å²) in [5, 5.41) is 8.90. The van der Waals surface area contributed by atoms with Gasteiger partial charge in [-0.1, -0.05) is 0 Å². The van der Waals surface area contributed by atoms with Gasteiger partial charge in [-0.05, 0) is 17.7 Å². The van der Waals surface area contributed by atoms with Crippen LogP contribution in [0.1, 0.15) is 15.9 Å². The third-order valence-corrected chi connectivity index (χ3v) is 2.59. The average Bonchev–Trinajstić information content (AvgIpc) is 2.41. The Bertz CT molecular complexity index is 664. The minimum atomic E-state index is -1.07. The van der Waals surface area contributed by atoms with Gasteiger partial charge in [-0.2, -0.15) is 0 Å². The third kappa shape index (κ3) is 2.98. The summed E-state index contributed by atoms with van der Waals surface area (Å²) in [6.45, 7) is 0.263. The lowest BCUT2D eigenvalue weighted by Crippen LogP contribution is -2.20. The van der Waals surface area contributed by atoms with Gasteiger partial charge in [0, 0.05) is 24.5 Å². The predicted octanol–water partition coefficient (Wildman–Crippen LogP) is 0.998. The number of aromatic carboxylic acids is 1. The first-order chi connectivity index (χ1) is 9.10. The first-order valence-corrected chi connectivity index (χ1v) is 5.53. The summed E-state index contributed by atoms with van der Waals surface area (Å²) < 4.78 is 6.32. The summed E-state index contributed by atoms with van der Waals surface area (Å²) in [5.41, 5.74) is 0.609. The van der Waals surface area contributed by atoms with E-state index in [2.05, 4.69) is 4.98 Å². The number of nitrogens with zero attached hydrogens (tertiary/aromatic N) is 2. The van der Waals surface area contributed by atoms with Gasteiger partial charge >= 0.3 is 5.97 Å². The molecule has 6 heteroatoms. The molecule has 0 saturated carbocycles. The van der Waals surface area contributed by atoms with Gasteiger partial charge in [0.2, 0.25) is 5.88 Å². The van der Waals surface area contributed by atoms with Crippen LogP contribution < -0.4 is 10.3 Å². The zero-order valence-corrected chi connectivity index (χ0v) is 10.2. The molecular weight excluding hydrogens is 248 g/mol. The Hall–Kier alpha value is -2.63. The number of carboxylic acids is 1. The standard InChI is InChI=1S/C13H12N2O4/c1-19-11-6-9(4-5-14-11)7-15-8-10(13(17)18)2-3-12(15)16/h2-6,8H,7H2,1H3,(H,17,18). The van der Waals surface area contributed by atoms with E-state index in [0.717, 1.165) is 5.56 Å². The van der Waals surface area contributed by atoms with Crippen molar-refractivity contribution in [3.05, 3.63) is 58.1 Å². The molecule has 98 valence electrons. The van der Waals surface area contributed by atoms with E-state index in [4.69, 9.17) is 9.84 Å². The normalized spacial score (nSPS) is 10.2. The number of carbonyl (C=O) groups is 1. The molecule has 0 amide bonds. The minimum absolute atomic E-state index is 0.0700. The van der Waals surface area contributed by atoms with Crippen molar-refractivity contribution in [2.24, 2.45) is 0 Å². The first kappa shape index (κ1) is 12.8. The molecule has 0 aliphatic rings. The third-order valence-electron chi connectivity index (χ3n) is 2.59. The number of pyridine rings is 2. The SMILES string of the molecule is COc1cc(Cn2cc(C(=O)O)ccc2=O)ccn1. The van der Waals surface area contributed by atoms with Crippen LogP contribution in [0.2, 0.25) is 0 Å². The number of hydrogen-bond acceptors (Lipinski definition) is 4. The van der Waals surface area contributed by atoms with Gasteiger partial charge in [-0.15, -0.1) is 0 Å². The van der Waals surface area contributed by atoms with Crippen molar-refractivity contribution in [1.82, 2.24) is 9.55 Å². The van der Waals surface area contributed by atoms with Gasteiger partial charge in [-0.25, -0.2) is 9.78 Å². The fourth-order valence-electron chi connectivity index (χ4n) is 1.64. The first-order valence-electron chi connectivity index (χ1n) is 5.53. The number of hydrogen-bond donors (Lipinski definition) is 1. The smallest absolute Gasteiger partial charge is 0.337 e. The van der Waals surface area contributed by atoms with Gasteiger partial charge in [-0.3, -0.25) is 4.79 Å². The molecule has 2 rings (SSSR count). The molecule has 6 nitrogen and oxygen atoms in total. The second-order valence-electron chi connectivity index (χ2n) is 3.90. The average molecular weight is 260 g/mol. The van der Waals surface area contributed by atoms with Crippen LogP contribution in [0.4, 0.5) is 0 Å². The van der Waals surface area contributed by atoms with E-state index < -0.39 is 5.97 Å². The van der Waals surface area contributed by atoms with Crippen molar-refractivity contribution in [1.29, 1.82) is 0 Å². The summed E-state index contributed by atoms with van der Waals surface area (Å²) in [6, 6.07) is 5.96. The van der Waals surface area contributed by atoms with Crippen LogP contribution in [0.25, 0.3) is 0 Å². The van der Waals surface area contributed by atoms with Crippen molar-refractivity contribution >= 4 is 5.97 Å². The van der Waals surface area contributed by atoms with E-state index in [1.54, 1.807) is 18.3 Å². The fraction of sp³-hybridized carbons (Fsp3) is 0.154. The van der Waals surface area contributed by atoms with Gasteiger partial charge in [0.15, 0.2) is 0 Å². The van der Waals surface area contributed by atoms with E-state index in [0.29, 0.717) is 5.88 Å². The Morgan fingerprint density at radius 2 is 2.21 bits per heavy atom. The number of ether oxygens (including phenoxy) is 1. The summed E-state index contributed by atoms with van der Waals surface area (Å²) in [5.74, 6) is -0.624. The van der Waals surface area contributed by atoms with E-state index >= 15 is 0 Å². The second kappa shape index (κ2) is 5.34. The molecule has 0 aliphatic carbocycles. The van der Waals surface area contributed by atoms with Crippen molar-refractivity contribution in [2.75, 3.05) is 7.11 Å². The monoisotopic (exact) mass is 260 g/mol. The van der Waals surface area contributed by atoms with E-state index in [1.807, 2.05) is 0 Å².